The van der Waals surface area contributed by atoms with Crippen LogP contribution < -0.4 is 11.1 Å². The number of rotatable bonds is 3. The first kappa shape index (κ1) is 13.8. The Bertz CT molecular complexity index is 277. The summed E-state index contributed by atoms with van der Waals surface area (Å²) < 4.78 is 5.32. The largest absolute Gasteiger partial charge is 0.381 e. The molecule has 104 valence electrons. The molecule has 2 aliphatic rings. The number of hydrogen-bond donors (Lipinski definition) is 2. The molecule has 1 heterocycles. The van der Waals surface area contributed by atoms with Gasteiger partial charge in [0.25, 0.3) is 0 Å². The number of hydrogen-bond acceptors (Lipinski definition) is 3. The Morgan fingerprint density at radius 2 is 2.00 bits per heavy atom. The van der Waals surface area contributed by atoms with Crippen LogP contribution in [0.1, 0.15) is 39.0 Å². The first-order valence-electron chi connectivity index (χ1n) is 7.29. The van der Waals surface area contributed by atoms with Gasteiger partial charge < -0.3 is 15.8 Å². The van der Waals surface area contributed by atoms with Crippen LogP contribution in [0.15, 0.2) is 0 Å². The van der Waals surface area contributed by atoms with Crippen molar-refractivity contribution in [2.24, 2.45) is 23.5 Å². The third-order valence-corrected chi connectivity index (χ3v) is 4.61. The second kappa shape index (κ2) is 6.53. The van der Waals surface area contributed by atoms with Crippen molar-refractivity contribution < 1.29 is 9.53 Å². The lowest BCUT2D eigenvalue weighted by molar-refractivity contribution is -0.128. The minimum atomic E-state index is 0.119. The summed E-state index contributed by atoms with van der Waals surface area (Å²) in [5.41, 5.74) is 6.05. The van der Waals surface area contributed by atoms with Crippen LogP contribution in [0.3, 0.4) is 0 Å². The first-order valence-corrected chi connectivity index (χ1v) is 7.29. The number of nitrogens with two attached hydrogens (primary N) is 1. The maximum absolute atomic E-state index is 12.2. The van der Waals surface area contributed by atoms with Crippen LogP contribution in [0.5, 0.6) is 0 Å². The van der Waals surface area contributed by atoms with Gasteiger partial charge in [0.15, 0.2) is 0 Å². The summed E-state index contributed by atoms with van der Waals surface area (Å²) in [7, 11) is 0. The van der Waals surface area contributed by atoms with E-state index >= 15 is 0 Å². The van der Waals surface area contributed by atoms with E-state index < -0.39 is 0 Å². The molecule has 1 aliphatic heterocycles. The van der Waals surface area contributed by atoms with Gasteiger partial charge in [0, 0.05) is 31.7 Å². The zero-order valence-electron chi connectivity index (χ0n) is 11.4. The molecule has 2 fully saturated rings. The molecule has 0 spiro atoms. The van der Waals surface area contributed by atoms with Crippen molar-refractivity contribution in [3.05, 3.63) is 0 Å². The van der Waals surface area contributed by atoms with E-state index in [4.69, 9.17) is 10.5 Å². The van der Waals surface area contributed by atoms with Crippen LogP contribution in [-0.2, 0) is 9.53 Å². The van der Waals surface area contributed by atoms with E-state index in [1.807, 2.05) is 0 Å². The molecule has 0 radical (unpaired) electrons. The molecule has 4 nitrogen and oxygen atoms in total. The van der Waals surface area contributed by atoms with Gasteiger partial charge in [-0.1, -0.05) is 13.3 Å². The van der Waals surface area contributed by atoms with Crippen molar-refractivity contribution in [1.82, 2.24) is 5.32 Å². The van der Waals surface area contributed by atoms with Crippen LogP contribution in [-0.4, -0.2) is 31.7 Å². The number of amides is 1. The molecule has 0 aromatic heterocycles. The fourth-order valence-corrected chi connectivity index (χ4v) is 3.09. The smallest absolute Gasteiger partial charge is 0.223 e. The predicted octanol–water partition coefficient (Wildman–Crippen LogP) is 1.29. The highest BCUT2D eigenvalue weighted by Gasteiger charge is 2.32. The zero-order chi connectivity index (χ0) is 13.0. The van der Waals surface area contributed by atoms with E-state index in [-0.39, 0.29) is 17.9 Å². The van der Waals surface area contributed by atoms with Gasteiger partial charge in [-0.15, -0.1) is 0 Å². The van der Waals surface area contributed by atoms with Gasteiger partial charge >= 0.3 is 0 Å². The molecule has 3 unspecified atom stereocenters. The standard InChI is InChI=1S/C14H26N2O2/c1-10-12(3-2-4-13(10)15)14(17)16-9-11-5-7-18-8-6-11/h10-13H,2-9,15H2,1H3,(H,16,17). The number of nitrogens with one attached hydrogen (secondary N) is 1. The fraction of sp³-hybridized carbons (Fsp3) is 0.929. The molecule has 18 heavy (non-hydrogen) atoms. The Hall–Kier alpha value is -0.610. The van der Waals surface area contributed by atoms with E-state index in [0.717, 1.165) is 51.9 Å². The summed E-state index contributed by atoms with van der Waals surface area (Å²) in [6.07, 6.45) is 5.28. The Balaban J connectivity index is 1.76. The third-order valence-electron chi connectivity index (χ3n) is 4.61. The Morgan fingerprint density at radius 3 is 2.72 bits per heavy atom. The fourth-order valence-electron chi connectivity index (χ4n) is 3.09. The molecule has 0 aromatic rings. The summed E-state index contributed by atoms with van der Waals surface area (Å²) in [5, 5.41) is 3.12. The molecule has 4 heteroatoms. The minimum Gasteiger partial charge on any atom is -0.381 e. The Kier molecular flexibility index (Phi) is 5.01. The van der Waals surface area contributed by atoms with E-state index in [9.17, 15) is 4.79 Å². The van der Waals surface area contributed by atoms with Crippen LogP contribution in [0.2, 0.25) is 0 Å². The van der Waals surface area contributed by atoms with Crippen LogP contribution in [0.25, 0.3) is 0 Å². The van der Waals surface area contributed by atoms with Gasteiger partial charge in [-0.05, 0) is 37.5 Å². The minimum absolute atomic E-state index is 0.119. The maximum atomic E-state index is 12.2. The van der Waals surface area contributed by atoms with Crippen molar-refractivity contribution in [3.63, 3.8) is 0 Å². The topological polar surface area (TPSA) is 64.4 Å². The molecule has 2 rings (SSSR count). The monoisotopic (exact) mass is 254 g/mol. The molecule has 1 amide bonds. The summed E-state index contributed by atoms with van der Waals surface area (Å²) in [6, 6.07) is 0.192. The molecule has 1 saturated heterocycles. The lowest BCUT2D eigenvalue weighted by Crippen LogP contribution is -2.45. The highest BCUT2D eigenvalue weighted by atomic mass is 16.5. The lowest BCUT2D eigenvalue weighted by atomic mass is 9.77. The second-order valence-electron chi connectivity index (χ2n) is 5.86. The zero-order valence-corrected chi connectivity index (χ0v) is 11.4. The molecular weight excluding hydrogens is 228 g/mol. The Labute approximate surface area is 110 Å². The average molecular weight is 254 g/mol. The maximum Gasteiger partial charge on any atom is 0.223 e. The van der Waals surface area contributed by atoms with Crippen molar-refractivity contribution >= 4 is 5.91 Å². The highest BCUT2D eigenvalue weighted by molar-refractivity contribution is 5.79. The van der Waals surface area contributed by atoms with Crippen molar-refractivity contribution in [2.75, 3.05) is 19.8 Å². The molecule has 3 atom stereocenters. The highest BCUT2D eigenvalue weighted by Crippen LogP contribution is 2.29. The predicted molar refractivity (Wildman–Crippen MR) is 71.0 cm³/mol. The number of ether oxygens (including phenoxy) is 1. The normalized spacial score (nSPS) is 34.2. The van der Waals surface area contributed by atoms with Crippen LogP contribution in [0, 0.1) is 17.8 Å². The second-order valence-corrected chi connectivity index (χ2v) is 5.86. The first-order chi connectivity index (χ1) is 8.68. The summed E-state index contributed by atoms with van der Waals surface area (Å²) in [5.74, 6) is 1.24. The van der Waals surface area contributed by atoms with Gasteiger partial charge in [-0.2, -0.15) is 0 Å². The van der Waals surface area contributed by atoms with E-state index in [2.05, 4.69) is 12.2 Å². The third kappa shape index (κ3) is 3.45. The lowest BCUT2D eigenvalue weighted by Gasteiger charge is -2.33. The van der Waals surface area contributed by atoms with Gasteiger partial charge in [-0.25, -0.2) is 0 Å². The van der Waals surface area contributed by atoms with Crippen molar-refractivity contribution in [1.29, 1.82) is 0 Å². The number of carbonyl (C=O) groups excluding carboxylic acids is 1. The Morgan fingerprint density at radius 1 is 1.28 bits per heavy atom. The van der Waals surface area contributed by atoms with Gasteiger partial charge in [0.2, 0.25) is 5.91 Å². The van der Waals surface area contributed by atoms with Crippen LogP contribution in [0.4, 0.5) is 0 Å². The van der Waals surface area contributed by atoms with Gasteiger partial charge in [-0.3, -0.25) is 4.79 Å². The van der Waals surface area contributed by atoms with Crippen molar-refractivity contribution in [3.8, 4) is 0 Å². The van der Waals surface area contributed by atoms with Gasteiger partial charge in [0.1, 0.15) is 0 Å². The average Bonchev–Trinajstić information content (AvgIpc) is 2.40. The quantitative estimate of drug-likeness (QED) is 0.797. The summed E-state index contributed by atoms with van der Waals surface area (Å²) in [4.78, 5) is 12.2. The van der Waals surface area contributed by atoms with Gasteiger partial charge in [0.05, 0.1) is 0 Å². The SMILES string of the molecule is CC1C(N)CCCC1C(=O)NCC1CCOCC1. The van der Waals surface area contributed by atoms with Crippen LogP contribution >= 0.6 is 0 Å². The van der Waals surface area contributed by atoms with E-state index in [1.54, 1.807) is 0 Å². The van der Waals surface area contributed by atoms with E-state index in [1.165, 1.54) is 0 Å². The molecular formula is C14H26N2O2. The molecule has 1 aliphatic carbocycles. The molecule has 1 saturated carbocycles. The molecule has 3 N–H and O–H groups in total. The molecule has 0 aromatic carbocycles. The summed E-state index contributed by atoms with van der Waals surface area (Å²) >= 11 is 0. The van der Waals surface area contributed by atoms with Crippen molar-refractivity contribution in [2.45, 2.75) is 45.1 Å². The number of carbonyl (C=O) groups is 1. The summed E-state index contributed by atoms with van der Waals surface area (Å²) in [6.45, 7) is 4.60. The molecule has 0 bridgehead atoms. The van der Waals surface area contributed by atoms with E-state index in [0.29, 0.717) is 11.8 Å².